The molecule has 1 amide bonds. The van der Waals surface area contributed by atoms with Crippen LogP contribution >= 0.6 is 11.3 Å². The van der Waals surface area contributed by atoms with Crippen molar-refractivity contribution in [2.75, 3.05) is 5.43 Å². The van der Waals surface area contributed by atoms with Crippen molar-refractivity contribution >= 4 is 28.1 Å². The number of nitro groups is 1. The van der Waals surface area contributed by atoms with E-state index in [0.717, 1.165) is 5.56 Å². The van der Waals surface area contributed by atoms with Crippen LogP contribution in [0.25, 0.3) is 11.3 Å². The van der Waals surface area contributed by atoms with E-state index in [-0.39, 0.29) is 11.4 Å². The number of hydrogen-bond acceptors (Lipinski definition) is 7. The number of anilines is 1. The largest absolute Gasteiger partial charge is 0.459 e. The molecule has 23 heavy (non-hydrogen) atoms. The van der Waals surface area contributed by atoms with E-state index in [1.54, 1.807) is 29.6 Å². The summed E-state index contributed by atoms with van der Waals surface area (Å²) in [5.41, 5.74) is 6.58. The molecule has 1 aromatic carbocycles. The van der Waals surface area contributed by atoms with Crippen molar-refractivity contribution in [2.24, 2.45) is 0 Å². The number of carbonyl (C=O) groups is 1. The first kappa shape index (κ1) is 14.7. The maximum absolute atomic E-state index is 11.7. The molecule has 0 saturated carbocycles. The summed E-state index contributed by atoms with van der Waals surface area (Å²) in [6.07, 6.45) is 1.41. The van der Waals surface area contributed by atoms with E-state index in [1.165, 1.54) is 29.7 Å². The van der Waals surface area contributed by atoms with Gasteiger partial charge in [0.25, 0.3) is 5.69 Å². The van der Waals surface area contributed by atoms with Gasteiger partial charge in [0.15, 0.2) is 5.76 Å². The third-order valence-corrected chi connectivity index (χ3v) is 3.66. The second kappa shape index (κ2) is 6.28. The second-order valence-corrected chi connectivity index (χ2v) is 5.26. The molecule has 2 N–H and O–H groups in total. The first-order valence-corrected chi connectivity index (χ1v) is 7.31. The predicted molar refractivity (Wildman–Crippen MR) is 84.0 cm³/mol. The zero-order valence-corrected chi connectivity index (χ0v) is 12.4. The molecule has 0 aliphatic rings. The van der Waals surface area contributed by atoms with Gasteiger partial charge in [0.2, 0.25) is 5.13 Å². The first-order chi connectivity index (χ1) is 11.1. The van der Waals surface area contributed by atoms with Crippen LogP contribution in [0.2, 0.25) is 0 Å². The molecule has 0 unspecified atom stereocenters. The third-order valence-electron chi connectivity index (χ3n) is 2.91. The number of furan rings is 1. The van der Waals surface area contributed by atoms with Crippen LogP contribution in [0, 0.1) is 10.1 Å². The molecule has 3 rings (SSSR count). The van der Waals surface area contributed by atoms with Gasteiger partial charge >= 0.3 is 5.91 Å². The van der Waals surface area contributed by atoms with Gasteiger partial charge in [0.1, 0.15) is 0 Å². The normalized spacial score (nSPS) is 10.3. The lowest BCUT2D eigenvalue weighted by molar-refractivity contribution is -0.384. The molecular formula is C14H10N4O4S. The van der Waals surface area contributed by atoms with Gasteiger partial charge in [-0.1, -0.05) is 0 Å². The fourth-order valence-electron chi connectivity index (χ4n) is 1.80. The number of hydrazine groups is 1. The minimum Gasteiger partial charge on any atom is -0.459 e. The minimum atomic E-state index is -0.456. The van der Waals surface area contributed by atoms with E-state index in [9.17, 15) is 14.9 Å². The molecule has 0 saturated heterocycles. The van der Waals surface area contributed by atoms with E-state index in [0.29, 0.717) is 10.8 Å². The van der Waals surface area contributed by atoms with E-state index in [4.69, 9.17) is 4.42 Å². The molecule has 0 fully saturated rings. The molecule has 116 valence electrons. The van der Waals surface area contributed by atoms with Gasteiger partial charge in [-0.25, -0.2) is 4.98 Å². The van der Waals surface area contributed by atoms with Crippen molar-refractivity contribution in [3.8, 4) is 11.3 Å². The van der Waals surface area contributed by atoms with E-state index >= 15 is 0 Å². The molecule has 2 aromatic heterocycles. The molecule has 9 heteroatoms. The van der Waals surface area contributed by atoms with Gasteiger partial charge in [-0.05, 0) is 24.3 Å². The molecule has 0 radical (unpaired) electrons. The molecule has 3 aromatic rings. The molecule has 0 aliphatic carbocycles. The Labute approximate surface area is 133 Å². The summed E-state index contributed by atoms with van der Waals surface area (Å²) in [6, 6.07) is 9.24. The number of non-ortho nitro benzene ring substituents is 1. The fraction of sp³-hybridized carbons (Fsp3) is 0. The van der Waals surface area contributed by atoms with Gasteiger partial charge in [-0.2, -0.15) is 0 Å². The van der Waals surface area contributed by atoms with Gasteiger partial charge in [0, 0.05) is 23.1 Å². The summed E-state index contributed by atoms with van der Waals surface area (Å²) < 4.78 is 4.96. The molecule has 0 spiro atoms. The third kappa shape index (κ3) is 3.35. The first-order valence-electron chi connectivity index (χ1n) is 6.44. The zero-order valence-electron chi connectivity index (χ0n) is 11.6. The average Bonchev–Trinajstić information content (AvgIpc) is 3.24. The number of benzene rings is 1. The van der Waals surface area contributed by atoms with Crippen molar-refractivity contribution in [3.63, 3.8) is 0 Å². The zero-order chi connectivity index (χ0) is 16.2. The molecular weight excluding hydrogens is 320 g/mol. The summed E-state index contributed by atoms with van der Waals surface area (Å²) in [5, 5.41) is 12.9. The number of thiazole rings is 1. The van der Waals surface area contributed by atoms with Gasteiger partial charge in [-0.3, -0.25) is 25.8 Å². The van der Waals surface area contributed by atoms with Crippen molar-refractivity contribution in [2.45, 2.75) is 0 Å². The Kier molecular flexibility index (Phi) is 4.02. The maximum Gasteiger partial charge on any atom is 0.305 e. The Hall–Kier alpha value is -3.20. The van der Waals surface area contributed by atoms with E-state index in [1.807, 2.05) is 0 Å². The number of carbonyl (C=O) groups excluding carboxylic acids is 1. The highest BCUT2D eigenvalue weighted by atomic mass is 32.1. The highest BCUT2D eigenvalue weighted by Crippen LogP contribution is 2.26. The van der Waals surface area contributed by atoms with Crippen LogP contribution in [0.1, 0.15) is 10.6 Å². The van der Waals surface area contributed by atoms with Crippen LogP contribution in [-0.4, -0.2) is 15.8 Å². The average molecular weight is 330 g/mol. The van der Waals surface area contributed by atoms with Crippen molar-refractivity contribution in [1.29, 1.82) is 0 Å². The summed E-state index contributed by atoms with van der Waals surface area (Å²) in [7, 11) is 0. The van der Waals surface area contributed by atoms with Crippen LogP contribution in [0.15, 0.2) is 52.5 Å². The molecule has 2 heterocycles. The SMILES string of the molecule is O=C(NNc1nc(-c2ccc([N+](=O)[O-])cc2)cs1)c1ccco1. The number of hydrogen-bond donors (Lipinski definition) is 2. The van der Waals surface area contributed by atoms with Crippen LogP contribution in [0.3, 0.4) is 0 Å². The number of amides is 1. The predicted octanol–water partition coefficient (Wildman–Crippen LogP) is 3.07. The van der Waals surface area contributed by atoms with Crippen LogP contribution in [-0.2, 0) is 0 Å². The van der Waals surface area contributed by atoms with Crippen molar-refractivity contribution in [3.05, 3.63) is 63.9 Å². The smallest absolute Gasteiger partial charge is 0.305 e. The summed E-state index contributed by atoms with van der Waals surface area (Å²) in [4.78, 5) is 26.2. The Morgan fingerprint density at radius 1 is 1.26 bits per heavy atom. The number of rotatable bonds is 5. The Morgan fingerprint density at radius 3 is 2.70 bits per heavy atom. The number of aromatic nitrogens is 1. The standard InChI is InChI=1S/C14H10N4O4S/c19-13(12-2-1-7-22-12)16-17-14-15-11(8-23-14)9-3-5-10(6-4-9)18(20)21/h1-8H,(H,15,17)(H,16,19). The maximum atomic E-state index is 11.7. The molecule has 0 atom stereocenters. The highest BCUT2D eigenvalue weighted by molar-refractivity contribution is 7.14. The summed E-state index contributed by atoms with van der Waals surface area (Å²) in [6.45, 7) is 0. The second-order valence-electron chi connectivity index (χ2n) is 4.40. The molecule has 8 nitrogen and oxygen atoms in total. The minimum absolute atomic E-state index is 0.0213. The van der Waals surface area contributed by atoms with Gasteiger partial charge in [0.05, 0.1) is 16.9 Å². The quantitative estimate of drug-likeness (QED) is 0.549. The Balaban J connectivity index is 1.66. The topological polar surface area (TPSA) is 110 Å². The summed E-state index contributed by atoms with van der Waals surface area (Å²) >= 11 is 1.29. The lowest BCUT2D eigenvalue weighted by atomic mass is 10.1. The molecule has 0 bridgehead atoms. The van der Waals surface area contributed by atoms with Gasteiger partial charge < -0.3 is 4.42 Å². The van der Waals surface area contributed by atoms with Gasteiger partial charge in [-0.15, -0.1) is 11.3 Å². The number of nitrogens with one attached hydrogen (secondary N) is 2. The van der Waals surface area contributed by atoms with E-state index in [2.05, 4.69) is 15.8 Å². The Morgan fingerprint density at radius 2 is 2.04 bits per heavy atom. The lowest BCUT2D eigenvalue weighted by Crippen LogP contribution is -2.28. The number of nitro benzene ring substituents is 1. The van der Waals surface area contributed by atoms with Crippen molar-refractivity contribution in [1.82, 2.24) is 10.4 Å². The molecule has 0 aliphatic heterocycles. The lowest BCUT2D eigenvalue weighted by Gasteiger charge is -2.02. The van der Waals surface area contributed by atoms with Crippen molar-refractivity contribution < 1.29 is 14.1 Å². The Bertz CT molecular complexity index is 827. The number of nitrogens with zero attached hydrogens (tertiary/aromatic N) is 2. The highest BCUT2D eigenvalue weighted by Gasteiger charge is 2.10. The fourth-order valence-corrected chi connectivity index (χ4v) is 2.47. The van der Waals surface area contributed by atoms with Crippen LogP contribution < -0.4 is 10.9 Å². The monoisotopic (exact) mass is 330 g/mol. The van der Waals surface area contributed by atoms with Crippen LogP contribution in [0.4, 0.5) is 10.8 Å². The summed E-state index contributed by atoms with van der Waals surface area (Å²) in [5.74, 6) is -0.230. The van der Waals surface area contributed by atoms with E-state index < -0.39 is 10.8 Å². The van der Waals surface area contributed by atoms with Crippen LogP contribution in [0.5, 0.6) is 0 Å².